The monoisotopic (exact) mass is 305 g/mol. The summed E-state index contributed by atoms with van der Waals surface area (Å²) in [4.78, 5) is 7.77. The Labute approximate surface area is 125 Å². The lowest BCUT2D eigenvalue weighted by atomic mass is 10.3. The summed E-state index contributed by atoms with van der Waals surface area (Å²) in [6, 6.07) is 6.06. The second-order valence-electron chi connectivity index (χ2n) is 4.69. The largest absolute Gasteiger partial charge is 0.355 e. The van der Waals surface area contributed by atoms with Crippen molar-refractivity contribution in [2.75, 3.05) is 7.05 Å². The Morgan fingerprint density at radius 2 is 2.10 bits per heavy atom. The fourth-order valence-corrected chi connectivity index (χ4v) is 3.29. The summed E-state index contributed by atoms with van der Waals surface area (Å²) >= 11 is 3.34. The van der Waals surface area contributed by atoms with Gasteiger partial charge >= 0.3 is 0 Å². The number of hydrogen-bond donors (Lipinski definition) is 0. The average molecular weight is 305 g/mol. The predicted octanol–water partition coefficient (Wildman–Crippen LogP) is 3.80. The number of rotatable bonds is 5. The Morgan fingerprint density at radius 3 is 2.80 bits per heavy atom. The maximum absolute atomic E-state index is 5.38. The first-order chi connectivity index (χ1) is 9.70. The van der Waals surface area contributed by atoms with E-state index in [1.54, 1.807) is 22.7 Å². The van der Waals surface area contributed by atoms with Crippen LogP contribution in [0.15, 0.2) is 33.5 Å². The minimum atomic E-state index is 0.755. The number of nitrogens with zero attached hydrogens (tertiary/aromatic N) is 3. The normalized spacial score (nSPS) is 11.3. The van der Waals surface area contributed by atoms with Crippen LogP contribution in [-0.2, 0) is 13.1 Å². The summed E-state index contributed by atoms with van der Waals surface area (Å²) in [6.45, 7) is 3.61. The lowest BCUT2D eigenvalue weighted by Crippen LogP contribution is -2.17. The molecule has 3 aromatic rings. The molecule has 0 atom stereocenters. The van der Waals surface area contributed by atoms with Gasteiger partial charge in [0.25, 0.3) is 0 Å². The topological polar surface area (TPSA) is 42.2 Å². The van der Waals surface area contributed by atoms with Crippen LogP contribution in [0.4, 0.5) is 0 Å². The molecule has 0 aliphatic heterocycles. The smallest absolute Gasteiger partial charge is 0.177 e. The van der Waals surface area contributed by atoms with Crippen LogP contribution >= 0.6 is 22.7 Å². The van der Waals surface area contributed by atoms with E-state index in [0.717, 1.165) is 40.1 Å². The van der Waals surface area contributed by atoms with E-state index in [1.807, 2.05) is 30.5 Å². The molecule has 0 fully saturated rings. The Hall–Kier alpha value is -1.50. The van der Waals surface area contributed by atoms with Gasteiger partial charge in [0.2, 0.25) is 0 Å². The minimum absolute atomic E-state index is 0.755. The third-order valence-electron chi connectivity index (χ3n) is 2.85. The molecule has 0 spiro atoms. The van der Waals surface area contributed by atoms with Crippen LogP contribution < -0.4 is 0 Å². The fraction of sp³-hybridized carbons (Fsp3) is 0.286. The predicted molar refractivity (Wildman–Crippen MR) is 81.8 cm³/mol. The molecule has 3 rings (SSSR count). The van der Waals surface area contributed by atoms with Crippen LogP contribution in [0, 0.1) is 6.92 Å². The van der Waals surface area contributed by atoms with E-state index in [0.29, 0.717) is 0 Å². The van der Waals surface area contributed by atoms with Gasteiger partial charge in [0.05, 0.1) is 21.3 Å². The Morgan fingerprint density at radius 1 is 1.25 bits per heavy atom. The second kappa shape index (κ2) is 5.87. The molecule has 4 nitrogen and oxygen atoms in total. The van der Waals surface area contributed by atoms with E-state index < -0.39 is 0 Å². The number of hydrogen-bond acceptors (Lipinski definition) is 6. The molecule has 0 aliphatic carbocycles. The van der Waals surface area contributed by atoms with Crippen molar-refractivity contribution in [2.24, 2.45) is 0 Å². The van der Waals surface area contributed by atoms with Crippen molar-refractivity contribution in [3.63, 3.8) is 0 Å². The highest BCUT2D eigenvalue weighted by molar-refractivity contribution is 7.13. The maximum atomic E-state index is 5.38. The van der Waals surface area contributed by atoms with E-state index in [2.05, 4.69) is 27.5 Å². The van der Waals surface area contributed by atoms with Crippen LogP contribution in [0.5, 0.6) is 0 Å². The molecule has 0 amide bonds. The van der Waals surface area contributed by atoms with Crippen LogP contribution in [0.3, 0.4) is 0 Å². The third-order valence-corrected chi connectivity index (χ3v) is 4.56. The Kier molecular flexibility index (Phi) is 3.95. The molecule has 104 valence electrons. The molecule has 3 aromatic heterocycles. The molecule has 3 heterocycles. The first-order valence-electron chi connectivity index (χ1n) is 6.30. The molecule has 0 unspecified atom stereocenters. The van der Waals surface area contributed by atoms with Gasteiger partial charge in [-0.15, -0.1) is 22.7 Å². The fourth-order valence-electron chi connectivity index (χ4n) is 2.01. The van der Waals surface area contributed by atoms with Gasteiger partial charge in [0.1, 0.15) is 0 Å². The van der Waals surface area contributed by atoms with Crippen LogP contribution in [-0.4, -0.2) is 22.1 Å². The zero-order valence-electron chi connectivity index (χ0n) is 11.4. The van der Waals surface area contributed by atoms with Crippen molar-refractivity contribution in [1.82, 2.24) is 15.0 Å². The van der Waals surface area contributed by atoms with Crippen molar-refractivity contribution < 1.29 is 4.52 Å². The van der Waals surface area contributed by atoms with E-state index in [4.69, 9.17) is 4.52 Å². The van der Waals surface area contributed by atoms with Crippen molar-refractivity contribution >= 4 is 22.7 Å². The lowest BCUT2D eigenvalue weighted by molar-refractivity contribution is 0.301. The van der Waals surface area contributed by atoms with Crippen molar-refractivity contribution in [2.45, 2.75) is 20.0 Å². The van der Waals surface area contributed by atoms with Gasteiger partial charge in [-0.2, -0.15) is 0 Å². The van der Waals surface area contributed by atoms with Crippen LogP contribution in [0.25, 0.3) is 10.6 Å². The van der Waals surface area contributed by atoms with Crippen molar-refractivity contribution in [3.05, 3.63) is 45.4 Å². The zero-order valence-corrected chi connectivity index (χ0v) is 13.0. The molecule has 0 aromatic carbocycles. The van der Waals surface area contributed by atoms with Gasteiger partial charge < -0.3 is 4.52 Å². The quantitative estimate of drug-likeness (QED) is 0.719. The van der Waals surface area contributed by atoms with E-state index >= 15 is 0 Å². The summed E-state index contributed by atoms with van der Waals surface area (Å²) in [5.74, 6) is 0.841. The van der Waals surface area contributed by atoms with Gasteiger partial charge in [-0.05, 0) is 25.4 Å². The third kappa shape index (κ3) is 3.15. The molecular weight excluding hydrogens is 290 g/mol. The first-order valence-corrected chi connectivity index (χ1v) is 8.05. The maximum Gasteiger partial charge on any atom is 0.177 e. The van der Waals surface area contributed by atoms with Gasteiger partial charge in [-0.3, -0.25) is 4.90 Å². The second-order valence-corrected chi connectivity index (χ2v) is 6.70. The van der Waals surface area contributed by atoms with Gasteiger partial charge in [0, 0.05) is 24.5 Å². The summed E-state index contributed by atoms with van der Waals surface area (Å²) < 4.78 is 5.38. The highest BCUT2D eigenvalue weighted by atomic mass is 32.1. The van der Waals surface area contributed by atoms with Gasteiger partial charge in [-0.25, -0.2) is 4.98 Å². The summed E-state index contributed by atoms with van der Waals surface area (Å²) in [5, 5.41) is 9.38. The molecule has 0 bridgehead atoms. The SMILES string of the molecule is Cc1nc(CN(C)Cc2cc(-c3cccs3)on2)cs1. The highest BCUT2D eigenvalue weighted by Crippen LogP contribution is 2.25. The minimum Gasteiger partial charge on any atom is -0.355 e. The number of aromatic nitrogens is 2. The van der Waals surface area contributed by atoms with E-state index in [1.165, 1.54) is 0 Å². The molecular formula is C14H15N3OS2. The zero-order chi connectivity index (χ0) is 13.9. The molecule has 6 heteroatoms. The molecule has 0 radical (unpaired) electrons. The van der Waals surface area contributed by atoms with Crippen molar-refractivity contribution in [3.8, 4) is 10.6 Å². The first kappa shape index (κ1) is 13.5. The Bertz CT molecular complexity index is 672. The number of aryl methyl sites for hydroxylation is 1. The molecule has 20 heavy (non-hydrogen) atoms. The summed E-state index contributed by atoms with van der Waals surface area (Å²) in [5.41, 5.74) is 2.06. The summed E-state index contributed by atoms with van der Waals surface area (Å²) in [6.07, 6.45) is 0. The lowest BCUT2D eigenvalue weighted by Gasteiger charge is -2.12. The molecule has 0 saturated carbocycles. The summed E-state index contributed by atoms with van der Waals surface area (Å²) in [7, 11) is 2.06. The van der Waals surface area contributed by atoms with E-state index in [9.17, 15) is 0 Å². The number of thiazole rings is 1. The van der Waals surface area contributed by atoms with Gasteiger partial charge in [0.15, 0.2) is 5.76 Å². The molecule has 0 saturated heterocycles. The van der Waals surface area contributed by atoms with Crippen molar-refractivity contribution in [1.29, 1.82) is 0 Å². The standard InChI is InChI=1S/C14H15N3OS2/c1-10-15-12(9-20-10)8-17(2)7-11-6-13(18-16-11)14-4-3-5-19-14/h3-6,9H,7-8H2,1-2H3. The van der Waals surface area contributed by atoms with Gasteiger partial charge in [-0.1, -0.05) is 11.2 Å². The Balaban J connectivity index is 1.63. The molecule has 0 N–H and O–H groups in total. The van der Waals surface area contributed by atoms with Crippen LogP contribution in [0.1, 0.15) is 16.4 Å². The van der Waals surface area contributed by atoms with E-state index in [-0.39, 0.29) is 0 Å². The average Bonchev–Trinajstić information content (AvgIpc) is 3.10. The number of thiophene rings is 1. The molecule has 0 aliphatic rings. The van der Waals surface area contributed by atoms with Crippen LogP contribution in [0.2, 0.25) is 0 Å². The highest BCUT2D eigenvalue weighted by Gasteiger charge is 2.10.